The summed E-state index contributed by atoms with van der Waals surface area (Å²) in [5.41, 5.74) is 0.944. The van der Waals surface area contributed by atoms with Gasteiger partial charge in [0.05, 0.1) is 5.69 Å². The van der Waals surface area contributed by atoms with E-state index in [1.54, 1.807) is 0 Å². The molecule has 2 aromatic rings. The van der Waals surface area contributed by atoms with E-state index in [4.69, 9.17) is 5.26 Å². The van der Waals surface area contributed by atoms with Crippen LogP contribution in [0.2, 0.25) is 0 Å². The van der Waals surface area contributed by atoms with Gasteiger partial charge in [-0.3, -0.25) is 4.79 Å². The molecule has 0 radical (unpaired) electrons. The number of aromatic amines is 1. The normalized spacial score (nSPS) is 10.0. The summed E-state index contributed by atoms with van der Waals surface area (Å²) in [6, 6.07) is 3.74. The number of hydrogen-bond donors (Lipinski definition) is 1. The minimum atomic E-state index is -0.386. The number of aromatic nitrogens is 2. The van der Waals surface area contributed by atoms with Crippen molar-refractivity contribution in [2.75, 3.05) is 6.26 Å². The number of nitriles is 1. The number of hydrogen-bond acceptors (Lipinski definition) is 5. The van der Waals surface area contributed by atoms with Gasteiger partial charge in [-0.1, -0.05) is 11.8 Å². The van der Waals surface area contributed by atoms with Crippen LogP contribution in [0.1, 0.15) is 5.56 Å². The van der Waals surface area contributed by atoms with Gasteiger partial charge >= 0.3 is 0 Å². The summed E-state index contributed by atoms with van der Waals surface area (Å²) in [7, 11) is 0. The highest BCUT2D eigenvalue weighted by Crippen LogP contribution is 2.23. The Morgan fingerprint density at radius 2 is 2.44 bits per heavy atom. The Morgan fingerprint density at radius 3 is 3.00 bits per heavy atom. The van der Waals surface area contributed by atoms with Crippen LogP contribution in [0.3, 0.4) is 0 Å². The fraction of sp³-hybridized carbons (Fsp3) is 0.100. The standard InChI is InChI=1S/C10H7N3OS2/c1-15-10-12-8(6-2-3-16-5-6)7(4-11)9(14)13-10/h2-3,5H,1H3,(H,12,13,14). The monoisotopic (exact) mass is 249 g/mol. The zero-order chi connectivity index (χ0) is 11.5. The molecule has 0 aliphatic carbocycles. The number of thiophene rings is 1. The molecule has 0 unspecified atom stereocenters. The summed E-state index contributed by atoms with van der Waals surface area (Å²) in [5, 5.41) is 13.2. The van der Waals surface area contributed by atoms with Crippen LogP contribution < -0.4 is 5.56 Å². The van der Waals surface area contributed by atoms with Gasteiger partial charge in [-0.15, -0.1) is 0 Å². The molecule has 1 N–H and O–H groups in total. The lowest BCUT2D eigenvalue weighted by Crippen LogP contribution is -2.14. The smallest absolute Gasteiger partial charge is 0.270 e. The third-order valence-electron chi connectivity index (χ3n) is 2.00. The maximum atomic E-state index is 11.6. The SMILES string of the molecule is CSc1nc(-c2ccsc2)c(C#N)c(=O)[nH]1. The Hall–Kier alpha value is -1.58. The molecule has 6 heteroatoms. The molecule has 2 rings (SSSR count). The van der Waals surface area contributed by atoms with E-state index >= 15 is 0 Å². The second-order valence-corrected chi connectivity index (χ2v) is 4.50. The van der Waals surface area contributed by atoms with Crippen molar-refractivity contribution in [1.29, 1.82) is 5.26 Å². The maximum Gasteiger partial charge on any atom is 0.270 e. The lowest BCUT2D eigenvalue weighted by atomic mass is 10.1. The third kappa shape index (κ3) is 1.87. The average Bonchev–Trinajstić information content (AvgIpc) is 2.81. The molecule has 0 aliphatic heterocycles. The van der Waals surface area contributed by atoms with Crippen LogP contribution in [-0.4, -0.2) is 16.2 Å². The molecule has 0 saturated heterocycles. The minimum Gasteiger partial charge on any atom is -0.300 e. The predicted molar refractivity (Wildman–Crippen MR) is 64.7 cm³/mol. The molecule has 0 saturated carbocycles. The second-order valence-electron chi connectivity index (χ2n) is 2.92. The van der Waals surface area contributed by atoms with E-state index in [0.29, 0.717) is 10.9 Å². The molecule has 2 aromatic heterocycles. The lowest BCUT2D eigenvalue weighted by Gasteiger charge is -2.02. The first-order valence-electron chi connectivity index (χ1n) is 4.37. The summed E-state index contributed by atoms with van der Waals surface area (Å²) < 4.78 is 0. The summed E-state index contributed by atoms with van der Waals surface area (Å²) >= 11 is 2.85. The van der Waals surface area contributed by atoms with E-state index in [-0.39, 0.29) is 11.1 Å². The highest BCUT2D eigenvalue weighted by molar-refractivity contribution is 7.98. The van der Waals surface area contributed by atoms with Crippen LogP contribution in [0, 0.1) is 11.3 Å². The lowest BCUT2D eigenvalue weighted by molar-refractivity contribution is 0.938. The molecule has 0 fully saturated rings. The quantitative estimate of drug-likeness (QED) is 0.653. The van der Waals surface area contributed by atoms with E-state index in [2.05, 4.69) is 9.97 Å². The molecule has 4 nitrogen and oxygen atoms in total. The van der Waals surface area contributed by atoms with Crippen molar-refractivity contribution in [2.45, 2.75) is 5.16 Å². The highest BCUT2D eigenvalue weighted by atomic mass is 32.2. The van der Waals surface area contributed by atoms with Crippen molar-refractivity contribution >= 4 is 23.1 Å². The van der Waals surface area contributed by atoms with Gasteiger partial charge in [0.2, 0.25) is 0 Å². The molecule has 0 aromatic carbocycles. The Kier molecular flexibility index (Phi) is 3.08. The van der Waals surface area contributed by atoms with E-state index in [1.807, 2.05) is 29.2 Å². The Balaban J connectivity index is 2.73. The highest BCUT2D eigenvalue weighted by Gasteiger charge is 2.12. The first kappa shape index (κ1) is 10.9. The number of nitrogens with one attached hydrogen (secondary N) is 1. The van der Waals surface area contributed by atoms with E-state index in [9.17, 15) is 4.79 Å². The first-order chi connectivity index (χ1) is 7.76. The molecule has 80 valence electrons. The Labute approximate surface area is 100.0 Å². The minimum absolute atomic E-state index is 0.0659. The molecule has 16 heavy (non-hydrogen) atoms. The zero-order valence-electron chi connectivity index (χ0n) is 8.35. The van der Waals surface area contributed by atoms with Crippen molar-refractivity contribution in [1.82, 2.24) is 9.97 Å². The van der Waals surface area contributed by atoms with Crippen molar-refractivity contribution < 1.29 is 0 Å². The van der Waals surface area contributed by atoms with Gasteiger partial charge in [-0.05, 0) is 17.7 Å². The van der Waals surface area contributed by atoms with Crippen molar-refractivity contribution in [2.24, 2.45) is 0 Å². The van der Waals surface area contributed by atoms with Gasteiger partial charge in [-0.25, -0.2) is 4.98 Å². The summed E-state index contributed by atoms with van der Waals surface area (Å²) in [6.45, 7) is 0. The molecule has 0 bridgehead atoms. The molecule has 0 aliphatic rings. The number of H-pyrrole nitrogens is 1. The van der Waals surface area contributed by atoms with Gasteiger partial charge < -0.3 is 4.98 Å². The Bertz CT molecular complexity index is 596. The van der Waals surface area contributed by atoms with E-state index in [0.717, 1.165) is 5.56 Å². The van der Waals surface area contributed by atoms with Gasteiger partial charge in [-0.2, -0.15) is 16.6 Å². The topological polar surface area (TPSA) is 69.5 Å². The zero-order valence-corrected chi connectivity index (χ0v) is 9.98. The third-order valence-corrected chi connectivity index (χ3v) is 3.26. The fourth-order valence-electron chi connectivity index (χ4n) is 1.26. The molecular weight excluding hydrogens is 242 g/mol. The summed E-state index contributed by atoms with van der Waals surface area (Å²) in [6.07, 6.45) is 1.82. The Morgan fingerprint density at radius 1 is 1.62 bits per heavy atom. The molecule has 0 atom stereocenters. The number of nitrogens with zero attached hydrogens (tertiary/aromatic N) is 2. The molecule has 2 heterocycles. The van der Waals surface area contributed by atoms with Crippen LogP contribution in [0.5, 0.6) is 0 Å². The first-order valence-corrected chi connectivity index (χ1v) is 6.54. The molecule has 0 spiro atoms. The maximum absolute atomic E-state index is 11.6. The van der Waals surface area contributed by atoms with Gasteiger partial charge in [0.15, 0.2) is 5.16 Å². The van der Waals surface area contributed by atoms with Gasteiger partial charge in [0.1, 0.15) is 11.6 Å². The number of rotatable bonds is 2. The molecule has 0 amide bonds. The molecular formula is C10H7N3OS2. The summed E-state index contributed by atoms with van der Waals surface area (Å²) in [4.78, 5) is 18.4. The largest absolute Gasteiger partial charge is 0.300 e. The fourth-order valence-corrected chi connectivity index (χ4v) is 2.28. The van der Waals surface area contributed by atoms with Crippen LogP contribution >= 0.6 is 23.1 Å². The van der Waals surface area contributed by atoms with Crippen LogP contribution in [-0.2, 0) is 0 Å². The summed E-state index contributed by atoms with van der Waals surface area (Å²) in [5.74, 6) is 0. The number of thioether (sulfide) groups is 1. The van der Waals surface area contributed by atoms with Gasteiger partial charge in [0.25, 0.3) is 5.56 Å². The van der Waals surface area contributed by atoms with Crippen molar-refractivity contribution in [3.63, 3.8) is 0 Å². The van der Waals surface area contributed by atoms with Crippen molar-refractivity contribution in [3.8, 4) is 17.3 Å². The van der Waals surface area contributed by atoms with Crippen LogP contribution in [0.15, 0.2) is 26.8 Å². The average molecular weight is 249 g/mol. The van der Waals surface area contributed by atoms with Crippen LogP contribution in [0.25, 0.3) is 11.3 Å². The van der Waals surface area contributed by atoms with E-state index < -0.39 is 0 Å². The van der Waals surface area contributed by atoms with Crippen LogP contribution in [0.4, 0.5) is 0 Å². The van der Waals surface area contributed by atoms with Crippen molar-refractivity contribution in [3.05, 3.63) is 32.7 Å². The predicted octanol–water partition coefficient (Wildman–Crippen LogP) is 2.09. The second kappa shape index (κ2) is 4.51. The van der Waals surface area contributed by atoms with Gasteiger partial charge in [0, 0.05) is 10.9 Å². The van der Waals surface area contributed by atoms with E-state index in [1.165, 1.54) is 23.1 Å².